The van der Waals surface area contributed by atoms with Gasteiger partial charge in [0.05, 0.1) is 6.54 Å². The number of piperidine rings is 1. The number of amides is 2. The Balaban J connectivity index is 0.00000324. The second-order valence-electron chi connectivity index (χ2n) is 5.16. The minimum atomic E-state index is -0.429. The van der Waals surface area contributed by atoms with E-state index in [1.54, 1.807) is 4.90 Å². The quantitative estimate of drug-likeness (QED) is 0.764. The fourth-order valence-electron chi connectivity index (χ4n) is 2.42. The van der Waals surface area contributed by atoms with Gasteiger partial charge in [-0.2, -0.15) is 0 Å². The van der Waals surface area contributed by atoms with Crippen molar-refractivity contribution in [3.8, 4) is 0 Å². The Morgan fingerprint density at radius 1 is 1.42 bits per heavy atom. The lowest BCUT2D eigenvalue weighted by atomic mass is 9.92. The Labute approximate surface area is 121 Å². The summed E-state index contributed by atoms with van der Waals surface area (Å²) in [5.41, 5.74) is 5.21. The second-order valence-corrected chi connectivity index (χ2v) is 5.16. The maximum atomic E-state index is 12.4. The number of hydrogen-bond donors (Lipinski definition) is 2. The monoisotopic (exact) mass is 291 g/mol. The average Bonchev–Trinajstić information content (AvgIpc) is 2.33. The molecule has 1 heterocycles. The fraction of sp³-hybridized carbons (Fsp3) is 0.846. The molecule has 0 aromatic rings. The number of carbonyl (C=O) groups excluding carboxylic acids is 2. The Hall–Kier alpha value is -0.810. The summed E-state index contributed by atoms with van der Waals surface area (Å²) in [5, 5.41) is 3.33. The van der Waals surface area contributed by atoms with E-state index in [0.717, 1.165) is 32.2 Å². The molecule has 0 spiro atoms. The van der Waals surface area contributed by atoms with Crippen LogP contribution in [0.1, 0.15) is 39.5 Å². The van der Waals surface area contributed by atoms with E-state index in [2.05, 4.69) is 19.2 Å². The summed E-state index contributed by atoms with van der Waals surface area (Å²) < 4.78 is 0. The molecule has 3 N–H and O–H groups in total. The zero-order valence-corrected chi connectivity index (χ0v) is 12.7. The van der Waals surface area contributed by atoms with Gasteiger partial charge in [0.2, 0.25) is 11.8 Å². The lowest BCUT2D eigenvalue weighted by Gasteiger charge is -2.31. The molecule has 6 heteroatoms. The van der Waals surface area contributed by atoms with Gasteiger partial charge < -0.3 is 16.0 Å². The molecule has 0 aromatic heterocycles. The van der Waals surface area contributed by atoms with E-state index in [1.807, 2.05) is 0 Å². The predicted molar refractivity (Wildman–Crippen MR) is 78.1 cm³/mol. The summed E-state index contributed by atoms with van der Waals surface area (Å²) in [4.78, 5) is 25.0. The number of carbonyl (C=O) groups is 2. The number of nitrogens with one attached hydrogen (secondary N) is 1. The number of nitrogens with two attached hydrogens (primary N) is 1. The van der Waals surface area contributed by atoms with Crippen molar-refractivity contribution in [3.05, 3.63) is 0 Å². The van der Waals surface area contributed by atoms with Crippen LogP contribution in [0.3, 0.4) is 0 Å². The van der Waals surface area contributed by atoms with E-state index < -0.39 is 5.91 Å². The van der Waals surface area contributed by atoms with Gasteiger partial charge in [-0.1, -0.05) is 13.3 Å². The van der Waals surface area contributed by atoms with Gasteiger partial charge in [-0.15, -0.1) is 12.4 Å². The van der Waals surface area contributed by atoms with Crippen LogP contribution < -0.4 is 11.1 Å². The van der Waals surface area contributed by atoms with Crippen molar-refractivity contribution in [2.75, 3.05) is 19.6 Å². The minimum Gasteiger partial charge on any atom is -0.368 e. The summed E-state index contributed by atoms with van der Waals surface area (Å²) in [6.07, 6.45) is 3.62. The molecule has 1 rings (SSSR count). The molecule has 1 saturated heterocycles. The van der Waals surface area contributed by atoms with Crippen molar-refractivity contribution < 1.29 is 9.59 Å². The van der Waals surface area contributed by atoms with Gasteiger partial charge >= 0.3 is 0 Å². The number of halogens is 1. The number of hydrogen-bond acceptors (Lipinski definition) is 3. The van der Waals surface area contributed by atoms with Gasteiger partial charge in [0, 0.05) is 18.5 Å². The highest BCUT2D eigenvalue weighted by Crippen LogP contribution is 2.19. The summed E-state index contributed by atoms with van der Waals surface area (Å²) in [7, 11) is 0. The van der Waals surface area contributed by atoms with E-state index >= 15 is 0 Å². The van der Waals surface area contributed by atoms with E-state index in [-0.39, 0.29) is 30.8 Å². The molecule has 2 atom stereocenters. The Morgan fingerprint density at radius 2 is 2.11 bits per heavy atom. The molecule has 0 bridgehead atoms. The third-order valence-electron chi connectivity index (χ3n) is 3.41. The molecule has 1 aliphatic heterocycles. The third kappa shape index (κ3) is 6.25. The summed E-state index contributed by atoms with van der Waals surface area (Å²) in [6.45, 7) is 5.72. The largest absolute Gasteiger partial charge is 0.368 e. The van der Waals surface area contributed by atoms with Crippen molar-refractivity contribution in [1.82, 2.24) is 10.2 Å². The first-order valence-electron chi connectivity index (χ1n) is 6.85. The van der Waals surface area contributed by atoms with Gasteiger partial charge in [0.1, 0.15) is 0 Å². The van der Waals surface area contributed by atoms with Crippen LogP contribution in [-0.4, -0.2) is 42.4 Å². The fourth-order valence-corrected chi connectivity index (χ4v) is 2.42. The van der Waals surface area contributed by atoms with Gasteiger partial charge in [-0.3, -0.25) is 9.59 Å². The Kier molecular flexibility index (Phi) is 8.76. The van der Waals surface area contributed by atoms with Crippen LogP contribution in [0.2, 0.25) is 0 Å². The molecule has 5 nitrogen and oxygen atoms in total. The molecule has 0 aromatic carbocycles. The smallest absolute Gasteiger partial charge is 0.237 e. The highest BCUT2D eigenvalue weighted by atomic mass is 35.5. The molecular weight excluding hydrogens is 266 g/mol. The van der Waals surface area contributed by atoms with Crippen LogP contribution in [-0.2, 0) is 9.59 Å². The molecule has 0 saturated carbocycles. The molecule has 2 amide bonds. The molecule has 1 fully saturated rings. The molecule has 0 radical (unpaired) electrons. The molecule has 112 valence electrons. The molecule has 19 heavy (non-hydrogen) atoms. The van der Waals surface area contributed by atoms with E-state index in [1.165, 1.54) is 0 Å². The summed E-state index contributed by atoms with van der Waals surface area (Å²) >= 11 is 0. The Bertz CT molecular complexity index is 300. The third-order valence-corrected chi connectivity index (χ3v) is 3.41. The highest BCUT2D eigenvalue weighted by Gasteiger charge is 2.28. The highest BCUT2D eigenvalue weighted by molar-refractivity contribution is 5.85. The first-order valence-corrected chi connectivity index (χ1v) is 6.85. The molecule has 1 aliphatic rings. The van der Waals surface area contributed by atoms with Crippen molar-refractivity contribution in [2.45, 2.75) is 45.6 Å². The standard InChI is InChI=1S/C13H25N3O2.ClH/c1-3-4-7-16(9-12(14)17)13(18)11-5-6-15-10(2)8-11;/h10-11,15H,3-9H2,1-2H3,(H2,14,17);1H/t10-,11-;/m0./s1. The van der Waals surface area contributed by atoms with Crippen LogP contribution in [0.25, 0.3) is 0 Å². The van der Waals surface area contributed by atoms with Crippen molar-refractivity contribution in [1.29, 1.82) is 0 Å². The van der Waals surface area contributed by atoms with E-state index in [4.69, 9.17) is 5.73 Å². The van der Waals surface area contributed by atoms with Gasteiger partial charge in [0.25, 0.3) is 0 Å². The zero-order chi connectivity index (χ0) is 13.5. The molecule has 0 aliphatic carbocycles. The topological polar surface area (TPSA) is 75.4 Å². The van der Waals surface area contributed by atoms with Crippen LogP contribution in [0.5, 0.6) is 0 Å². The van der Waals surface area contributed by atoms with E-state index in [9.17, 15) is 9.59 Å². The Morgan fingerprint density at radius 3 is 2.63 bits per heavy atom. The zero-order valence-electron chi connectivity index (χ0n) is 11.9. The molecular formula is C13H26ClN3O2. The number of rotatable bonds is 6. The predicted octanol–water partition coefficient (Wildman–Crippen LogP) is 0.910. The van der Waals surface area contributed by atoms with Gasteiger partial charge in [-0.05, 0) is 32.7 Å². The number of nitrogens with zero attached hydrogens (tertiary/aromatic N) is 1. The van der Waals surface area contributed by atoms with Crippen LogP contribution in [0, 0.1) is 5.92 Å². The molecule has 0 unspecified atom stereocenters. The number of unbranched alkanes of at least 4 members (excludes halogenated alkanes) is 1. The summed E-state index contributed by atoms with van der Waals surface area (Å²) in [6, 6.07) is 0.370. The van der Waals surface area contributed by atoms with Crippen LogP contribution in [0.4, 0.5) is 0 Å². The van der Waals surface area contributed by atoms with E-state index in [0.29, 0.717) is 12.6 Å². The summed E-state index contributed by atoms with van der Waals surface area (Å²) in [5.74, 6) is -0.297. The normalized spacial score (nSPS) is 22.4. The minimum absolute atomic E-state index is 0. The van der Waals surface area contributed by atoms with Crippen LogP contribution in [0.15, 0.2) is 0 Å². The maximum absolute atomic E-state index is 12.4. The first kappa shape index (κ1) is 18.2. The number of primary amides is 1. The first-order chi connectivity index (χ1) is 8.54. The van der Waals surface area contributed by atoms with Crippen molar-refractivity contribution in [2.24, 2.45) is 11.7 Å². The van der Waals surface area contributed by atoms with Gasteiger partial charge in [0.15, 0.2) is 0 Å². The van der Waals surface area contributed by atoms with Crippen LogP contribution >= 0.6 is 12.4 Å². The maximum Gasteiger partial charge on any atom is 0.237 e. The SMILES string of the molecule is CCCCN(CC(N)=O)C(=O)[C@H]1CCN[C@@H](C)C1.Cl. The van der Waals surface area contributed by atoms with Crippen molar-refractivity contribution in [3.63, 3.8) is 0 Å². The van der Waals surface area contributed by atoms with Gasteiger partial charge in [-0.25, -0.2) is 0 Å². The second kappa shape index (κ2) is 9.15. The lowest BCUT2D eigenvalue weighted by Crippen LogP contribution is -2.46. The lowest BCUT2D eigenvalue weighted by molar-refractivity contribution is -0.139. The van der Waals surface area contributed by atoms with Crippen molar-refractivity contribution >= 4 is 24.2 Å². The average molecular weight is 292 g/mol.